The molecule has 1 aliphatic rings. The van der Waals surface area contributed by atoms with E-state index in [9.17, 15) is 4.79 Å². The molecule has 0 aromatic heterocycles. The summed E-state index contributed by atoms with van der Waals surface area (Å²) in [6, 6.07) is 6.88. The fourth-order valence-corrected chi connectivity index (χ4v) is 2.04. The van der Waals surface area contributed by atoms with Crippen molar-refractivity contribution in [2.45, 2.75) is 12.5 Å². The Kier molecular flexibility index (Phi) is 4.10. The number of hydrogen-bond acceptors (Lipinski definition) is 3. The number of rotatable bonds is 3. The standard InChI is InChI=1S/C12H15N5O2/c1-19-11-5-3-2-4-10(11)14-12(18)17-7-6-9(8-17)15-16-13/h2-5,9H,6-8H2,1H3,(H,14,18). The van der Waals surface area contributed by atoms with Crippen LogP contribution in [0.15, 0.2) is 29.4 Å². The molecule has 1 aromatic rings. The molecular weight excluding hydrogens is 246 g/mol. The van der Waals surface area contributed by atoms with Crippen molar-refractivity contribution in [2.75, 3.05) is 25.5 Å². The summed E-state index contributed by atoms with van der Waals surface area (Å²) in [4.78, 5) is 16.5. The van der Waals surface area contributed by atoms with Gasteiger partial charge in [-0.25, -0.2) is 4.79 Å². The van der Waals surface area contributed by atoms with Gasteiger partial charge in [0, 0.05) is 18.0 Å². The molecule has 7 nitrogen and oxygen atoms in total. The fourth-order valence-electron chi connectivity index (χ4n) is 2.04. The second-order valence-corrected chi connectivity index (χ2v) is 4.22. The van der Waals surface area contributed by atoms with Crippen molar-refractivity contribution < 1.29 is 9.53 Å². The van der Waals surface area contributed by atoms with Gasteiger partial charge >= 0.3 is 6.03 Å². The maximum Gasteiger partial charge on any atom is 0.321 e. The van der Waals surface area contributed by atoms with Crippen LogP contribution in [0.4, 0.5) is 10.5 Å². The predicted molar refractivity (Wildman–Crippen MR) is 71.1 cm³/mol. The second kappa shape index (κ2) is 5.97. The lowest BCUT2D eigenvalue weighted by molar-refractivity contribution is 0.222. The Labute approximate surface area is 110 Å². The van der Waals surface area contributed by atoms with Gasteiger partial charge in [-0.05, 0) is 24.1 Å². The van der Waals surface area contributed by atoms with Gasteiger partial charge in [0.1, 0.15) is 5.75 Å². The van der Waals surface area contributed by atoms with Gasteiger partial charge in [0.25, 0.3) is 0 Å². The summed E-state index contributed by atoms with van der Waals surface area (Å²) in [6.45, 7) is 1.04. The number of likely N-dealkylation sites (tertiary alicyclic amines) is 1. The molecule has 1 unspecified atom stereocenters. The maximum atomic E-state index is 12.1. The first-order valence-electron chi connectivity index (χ1n) is 5.97. The van der Waals surface area contributed by atoms with E-state index in [2.05, 4.69) is 15.3 Å². The van der Waals surface area contributed by atoms with Crippen molar-refractivity contribution in [1.82, 2.24) is 4.90 Å². The molecule has 2 rings (SSSR count). The highest BCUT2D eigenvalue weighted by atomic mass is 16.5. The third kappa shape index (κ3) is 3.08. The normalized spacial score (nSPS) is 17.7. The molecule has 7 heteroatoms. The second-order valence-electron chi connectivity index (χ2n) is 4.22. The molecule has 1 atom stereocenters. The number of nitrogens with zero attached hydrogens (tertiary/aromatic N) is 4. The van der Waals surface area contributed by atoms with Gasteiger partial charge in [0.05, 0.1) is 18.8 Å². The molecular formula is C12H15N5O2. The first-order valence-corrected chi connectivity index (χ1v) is 5.97. The Bertz CT molecular complexity index is 513. The minimum absolute atomic E-state index is 0.131. The average molecular weight is 261 g/mol. The highest BCUT2D eigenvalue weighted by Gasteiger charge is 2.25. The molecule has 1 N–H and O–H groups in total. The SMILES string of the molecule is COc1ccccc1NC(=O)N1CCC(N=[N+]=[N-])C1. The largest absolute Gasteiger partial charge is 0.495 e. The van der Waals surface area contributed by atoms with Crippen molar-refractivity contribution in [3.63, 3.8) is 0 Å². The molecule has 1 aromatic carbocycles. The van der Waals surface area contributed by atoms with E-state index >= 15 is 0 Å². The van der Waals surface area contributed by atoms with Gasteiger partial charge in [0.15, 0.2) is 0 Å². The summed E-state index contributed by atoms with van der Waals surface area (Å²) in [5, 5.41) is 6.42. The van der Waals surface area contributed by atoms with E-state index in [1.807, 2.05) is 12.1 Å². The van der Waals surface area contributed by atoms with Crippen molar-refractivity contribution in [1.29, 1.82) is 0 Å². The molecule has 2 amide bonds. The molecule has 0 saturated carbocycles. The van der Waals surface area contributed by atoms with E-state index < -0.39 is 0 Å². The quantitative estimate of drug-likeness (QED) is 0.514. The van der Waals surface area contributed by atoms with E-state index in [0.717, 1.165) is 0 Å². The van der Waals surface area contributed by atoms with Gasteiger partial charge in [0.2, 0.25) is 0 Å². The number of azide groups is 1. The van der Waals surface area contributed by atoms with Crippen LogP contribution in [-0.2, 0) is 0 Å². The van der Waals surface area contributed by atoms with E-state index in [0.29, 0.717) is 30.9 Å². The van der Waals surface area contributed by atoms with E-state index in [1.165, 1.54) is 0 Å². The highest BCUT2D eigenvalue weighted by Crippen LogP contribution is 2.24. The van der Waals surface area contributed by atoms with Gasteiger partial charge in [-0.3, -0.25) is 0 Å². The summed E-state index contributed by atoms with van der Waals surface area (Å²) in [6.07, 6.45) is 0.698. The molecule has 0 radical (unpaired) electrons. The van der Waals surface area contributed by atoms with Crippen LogP contribution >= 0.6 is 0 Å². The van der Waals surface area contributed by atoms with Crippen molar-refractivity contribution in [3.8, 4) is 5.75 Å². The maximum absolute atomic E-state index is 12.1. The third-order valence-corrected chi connectivity index (χ3v) is 3.01. The lowest BCUT2D eigenvalue weighted by Gasteiger charge is -2.17. The number of anilines is 1. The molecule has 1 fully saturated rings. The van der Waals surface area contributed by atoms with Crippen LogP contribution in [0.25, 0.3) is 10.4 Å². The number of para-hydroxylation sites is 2. The van der Waals surface area contributed by atoms with Gasteiger partial charge in [-0.2, -0.15) is 0 Å². The number of ether oxygens (including phenoxy) is 1. The average Bonchev–Trinajstić information content (AvgIpc) is 2.88. The zero-order valence-electron chi connectivity index (χ0n) is 10.6. The smallest absolute Gasteiger partial charge is 0.321 e. The molecule has 19 heavy (non-hydrogen) atoms. The number of carbonyl (C=O) groups is 1. The summed E-state index contributed by atoms with van der Waals surface area (Å²) in [5.41, 5.74) is 9.00. The van der Waals surface area contributed by atoms with Crippen LogP contribution in [0.5, 0.6) is 5.75 Å². The van der Waals surface area contributed by atoms with E-state index in [-0.39, 0.29) is 12.1 Å². The van der Waals surface area contributed by atoms with Gasteiger partial charge in [-0.15, -0.1) is 0 Å². The lowest BCUT2D eigenvalue weighted by atomic mass is 10.3. The van der Waals surface area contributed by atoms with E-state index in [4.69, 9.17) is 10.3 Å². The Hall–Kier alpha value is -2.40. The lowest BCUT2D eigenvalue weighted by Crippen LogP contribution is -2.33. The molecule has 1 saturated heterocycles. The number of hydrogen-bond donors (Lipinski definition) is 1. The van der Waals surface area contributed by atoms with Crippen LogP contribution in [-0.4, -0.2) is 37.2 Å². The number of amides is 2. The Morgan fingerprint density at radius 1 is 1.58 bits per heavy atom. The fraction of sp³-hybridized carbons (Fsp3) is 0.417. The topological polar surface area (TPSA) is 90.3 Å². The Morgan fingerprint density at radius 3 is 3.11 bits per heavy atom. The first kappa shape index (κ1) is 13.0. The van der Waals surface area contributed by atoms with Crippen LogP contribution in [0.3, 0.4) is 0 Å². The predicted octanol–water partition coefficient (Wildman–Crippen LogP) is 2.61. The minimum Gasteiger partial charge on any atom is -0.495 e. The van der Waals surface area contributed by atoms with Crippen LogP contribution < -0.4 is 10.1 Å². The molecule has 0 spiro atoms. The van der Waals surface area contributed by atoms with Crippen LogP contribution in [0.2, 0.25) is 0 Å². The summed E-state index contributed by atoms with van der Waals surface area (Å²) < 4.78 is 5.17. The molecule has 1 aliphatic heterocycles. The summed E-state index contributed by atoms with van der Waals surface area (Å²) in [7, 11) is 1.55. The zero-order chi connectivity index (χ0) is 13.7. The molecule has 100 valence electrons. The first-order chi connectivity index (χ1) is 9.24. The Balaban J connectivity index is 2.00. The highest BCUT2D eigenvalue weighted by molar-refractivity contribution is 5.91. The number of urea groups is 1. The molecule has 0 aliphatic carbocycles. The Morgan fingerprint density at radius 2 is 2.37 bits per heavy atom. The van der Waals surface area contributed by atoms with Crippen molar-refractivity contribution in [2.24, 2.45) is 5.11 Å². The third-order valence-electron chi connectivity index (χ3n) is 3.01. The number of methoxy groups -OCH3 is 1. The van der Waals surface area contributed by atoms with Crippen LogP contribution in [0, 0.1) is 0 Å². The van der Waals surface area contributed by atoms with Gasteiger partial charge < -0.3 is 15.0 Å². The molecule has 0 bridgehead atoms. The van der Waals surface area contributed by atoms with Crippen molar-refractivity contribution >= 4 is 11.7 Å². The summed E-state index contributed by atoms with van der Waals surface area (Å²) in [5.74, 6) is 0.613. The monoisotopic (exact) mass is 261 g/mol. The number of benzene rings is 1. The van der Waals surface area contributed by atoms with E-state index in [1.54, 1.807) is 24.1 Å². The van der Waals surface area contributed by atoms with Crippen molar-refractivity contribution in [3.05, 3.63) is 34.7 Å². The van der Waals surface area contributed by atoms with Crippen LogP contribution in [0.1, 0.15) is 6.42 Å². The minimum atomic E-state index is -0.208. The number of nitrogens with one attached hydrogen (secondary N) is 1. The zero-order valence-corrected chi connectivity index (χ0v) is 10.6. The van der Waals surface area contributed by atoms with Gasteiger partial charge in [-0.1, -0.05) is 17.2 Å². The summed E-state index contributed by atoms with van der Waals surface area (Å²) >= 11 is 0. The molecule has 1 heterocycles. The number of carbonyl (C=O) groups excluding carboxylic acids is 1.